The predicted octanol–water partition coefficient (Wildman–Crippen LogP) is 1.72. The second-order valence-corrected chi connectivity index (χ2v) is 7.77. The molecule has 1 saturated heterocycles. The van der Waals surface area contributed by atoms with Gasteiger partial charge in [-0.15, -0.1) is 16.4 Å². The Labute approximate surface area is 165 Å². The number of aromatic nitrogens is 4. The molecule has 3 aromatic rings. The van der Waals surface area contributed by atoms with Crippen molar-refractivity contribution in [2.24, 2.45) is 0 Å². The average molecular weight is 404 g/mol. The third-order valence-corrected chi connectivity index (χ3v) is 5.44. The van der Waals surface area contributed by atoms with E-state index in [4.69, 9.17) is 11.6 Å². The monoisotopic (exact) mass is 403 g/mol. The van der Waals surface area contributed by atoms with Crippen molar-refractivity contribution in [2.45, 2.75) is 6.54 Å². The minimum Gasteiger partial charge on any atom is -0.354 e. The number of nitrogens with one attached hydrogen (secondary N) is 2. The number of anilines is 1. The van der Waals surface area contributed by atoms with Crippen LogP contribution in [0.1, 0.15) is 15.4 Å². The Morgan fingerprint density at radius 3 is 2.81 bits per heavy atom. The number of rotatable bonds is 5. The smallest absolute Gasteiger partial charge is 0.261 e. The highest BCUT2D eigenvalue weighted by Crippen LogP contribution is 2.21. The van der Waals surface area contributed by atoms with Crippen LogP contribution in [0.25, 0.3) is 5.69 Å². The summed E-state index contributed by atoms with van der Waals surface area (Å²) in [6, 6.07) is 7.36. The number of nitrogens with zero attached hydrogens (tertiary/aromatic N) is 5. The van der Waals surface area contributed by atoms with E-state index in [2.05, 4.69) is 30.8 Å². The molecule has 0 unspecified atom stereocenters. The molecule has 4 heterocycles. The van der Waals surface area contributed by atoms with Gasteiger partial charge in [-0.1, -0.05) is 16.8 Å². The summed E-state index contributed by atoms with van der Waals surface area (Å²) in [5.74, 6) is 0.783. The Morgan fingerprint density at radius 2 is 2.11 bits per heavy atom. The summed E-state index contributed by atoms with van der Waals surface area (Å²) in [6.07, 6.45) is 3.56. The van der Waals surface area contributed by atoms with Crippen molar-refractivity contribution in [1.29, 1.82) is 0 Å². The topological polar surface area (TPSA) is 88.0 Å². The fourth-order valence-corrected chi connectivity index (χ4v) is 3.75. The van der Waals surface area contributed by atoms with E-state index in [0.29, 0.717) is 21.5 Å². The lowest BCUT2D eigenvalue weighted by Gasteiger charge is -2.28. The molecular weight excluding hydrogens is 386 g/mol. The second kappa shape index (κ2) is 8.03. The van der Waals surface area contributed by atoms with Crippen molar-refractivity contribution in [3.05, 3.63) is 51.6 Å². The molecule has 0 spiro atoms. The number of carbonyl (C=O) groups is 1. The highest BCUT2D eigenvalue weighted by Gasteiger charge is 2.13. The first kappa shape index (κ1) is 17.9. The van der Waals surface area contributed by atoms with Crippen LogP contribution in [0, 0.1) is 0 Å². The number of thiophene rings is 1. The zero-order valence-electron chi connectivity index (χ0n) is 14.4. The van der Waals surface area contributed by atoms with Crippen LogP contribution in [-0.2, 0) is 6.54 Å². The summed E-state index contributed by atoms with van der Waals surface area (Å²) < 4.78 is 2.24. The lowest BCUT2D eigenvalue weighted by molar-refractivity contribution is 0.0954. The quantitative estimate of drug-likeness (QED) is 0.674. The Hall–Kier alpha value is -2.49. The van der Waals surface area contributed by atoms with Crippen LogP contribution in [0.2, 0.25) is 4.34 Å². The second-order valence-electron chi connectivity index (χ2n) is 6.05. The van der Waals surface area contributed by atoms with Crippen molar-refractivity contribution in [1.82, 2.24) is 30.6 Å². The maximum Gasteiger partial charge on any atom is 0.261 e. The van der Waals surface area contributed by atoms with Crippen molar-refractivity contribution in [3.63, 3.8) is 0 Å². The molecule has 27 heavy (non-hydrogen) atoms. The lowest BCUT2D eigenvalue weighted by Crippen LogP contribution is -2.43. The first-order chi connectivity index (χ1) is 13.2. The minimum absolute atomic E-state index is 0.177. The molecule has 0 radical (unpaired) electrons. The first-order valence-electron chi connectivity index (χ1n) is 8.56. The van der Waals surface area contributed by atoms with Gasteiger partial charge in [-0.25, -0.2) is 9.67 Å². The van der Waals surface area contributed by atoms with Gasteiger partial charge in [0.15, 0.2) is 0 Å². The molecule has 140 valence electrons. The van der Waals surface area contributed by atoms with Crippen LogP contribution in [0.5, 0.6) is 0 Å². The SMILES string of the molecule is O=C(NCc1cn(-c2ccc(N3CCNCC3)nc2)nn1)c1ccc(Cl)s1. The van der Waals surface area contributed by atoms with E-state index in [9.17, 15) is 4.79 Å². The molecule has 0 aromatic carbocycles. The van der Waals surface area contributed by atoms with Gasteiger partial charge in [0, 0.05) is 26.2 Å². The van der Waals surface area contributed by atoms with E-state index < -0.39 is 0 Å². The van der Waals surface area contributed by atoms with E-state index in [-0.39, 0.29) is 5.91 Å². The van der Waals surface area contributed by atoms with Crippen LogP contribution in [-0.4, -0.2) is 52.1 Å². The molecule has 10 heteroatoms. The number of halogens is 1. The van der Waals surface area contributed by atoms with Crippen LogP contribution in [0.4, 0.5) is 5.82 Å². The molecule has 2 N–H and O–H groups in total. The van der Waals surface area contributed by atoms with Gasteiger partial charge < -0.3 is 15.5 Å². The van der Waals surface area contributed by atoms with Gasteiger partial charge in [-0.2, -0.15) is 0 Å². The Kier molecular flexibility index (Phi) is 5.33. The molecule has 4 rings (SSSR count). The Bertz CT molecular complexity index is 918. The lowest BCUT2D eigenvalue weighted by atomic mass is 10.3. The van der Waals surface area contributed by atoms with Gasteiger partial charge in [-0.3, -0.25) is 4.79 Å². The fourth-order valence-electron chi connectivity index (χ4n) is 2.79. The number of hydrogen-bond donors (Lipinski definition) is 2. The average Bonchev–Trinajstić information content (AvgIpc) is 3.36. The highest BCUT2D eigenvalue weighted by atomic mass is 35.5. The number of amides is 1. The highest BCUT2D eigenvalue weighted by molar-refractivity contribution is 7.17. The normalized spacial score (nSPS) is 14.3. The molecule has 1 aliphatic rings. The fraction of sp³-hybridized carbons (Fsp3) is 0.294. The van der Waals surface area contributed by atoms with E-state index >= 15 is 0 Å². The molecular formula is C17H18ClN7OS. The van der Waals surface area contributed by atoms with Crippen LogP contribution < -0.4 is 15.5 Å². The standard InChI is InChI=1S/C17H18ClN7OS/c18-15-3-2-14(27-15)17(26)21-9-12-11-25(23-22-12)13-1-4-16(20-10-13)24-7-5-19-6-8-24/h1-4,10-11,19H,5-9H2,(H,21,26). The van der Waals surface area contributed by atoms with Gasteiger partial charge >= 0.3 is 0 Å². The van der Waals surface area contributed by atoms with E-state index in [1.165, 1.54) is 11.3 Å². The third-order valence-electron chi connectivity index (χ3n) is 4.21. The molecule has 0 aliphatic carbocycles. The molecule has 8 nitrogen and oxygen atoms in total. The molecule has 3 aromatic heterocycles. The van der Waals surface area contributed by atoms with E-state index in [1.54, 1.807) is 29.2 Å². The summed E-state index contributed by atoms with van der Waals surface area (Å²) >= 11 is 7.10. The van der Waals surface area contributed by atoms with Crippen molar-refractivity contribution in [2.75, 3.05) is 31.1 Å². The summed E-state index contributed by atoms with van der Waals surface area (Å²) in [4.78, 5) is 19.4. The molecule has 0 atom stereocenters. The first-order valence-corrected chi connectivity index (χ1v) is 9.75. The number of piperazine rings is 1. The minimum atomic E-state index is -0.177. The summed E-state index contributed by atoms with van der Waals surface area (Å²) in [5.41, 5.74) is 1.49. The zero-order chi connectivity index (χ0) is 18.6. The number of pyridine rings is 1. The Balaban J connectivity index is 1.37. The summed E-state index contributed by atoms with van der Waals surface area (Å²) in [7, 11) is 0. The zero-order valence-corrected chi connectivity index (χ0v) is 16.0. The van der Waals surface area contributed by atoms with Crippen LogP contribution >= 0.6 is 22.9 Å². The van der Waals surface area contributed by atoms with E-state index in [1.807, 2.05) is 12.1 Å². The van der Waals surface area contributed by atoms with Gasteiger partial charge in [0.25, 0.3) is 5.91 Å². The van der Waals surface area contributed by atoms with Crippen LogP contribution in [0.3, 0.4) is 0 Å². The largest absolute Gasteiger partial charge is 0.354 e. The number of hydrogen-bond acceptors (Lipinski definition) is 7. The predicted molar refractivity (Wildman–Crippen MR) is 105 cm³/mol. The van der Waals surface area contributed by atoms with Gasteiger partial charge in [-0.05, 0) is 24.3 Å². The molecule has 1 fully saturated rings. The molecule has 0 saturated carbocycles. The summed E-state index contributed by atoms with van der Waals surface area (Å²) in [6.45, 7) is 4.14. The van der Waals surface area contributed by atoms with E-state index in [0.717, 1.165) is 37.7 Å². The molecule has 0 bridgehead atoms. The summed E-state index contributed by atoms with van der Waals surface area (Å²) in [5, 5.41) is 14.4. The van der Waals surface area contributed by atoms with Crippen molar-refractivity contribution in [3.8, 4) is 5.69 Å². The molecule has 1 aliphatic heterocycles. The molecule has 1 amide bonds. The van der Waals surface area contributed by atoms with Crippen molar-refractivity contribution < 1.29 is 4.79 Å². The Morgan fingerprint density at radius 1 is 1.26 bits per heavy atom. The maximum absolute atomic E-state index is 12.1. The number of carbonyl (C=O) groups excluding carboxylic acids is 1. The van der Waals surface area contributed by atoms with Gasteiger partial charge in [0.1, 0.15) is 11.5 Å². The van der Waals surface area contributed by atoms with Gasteiger partial charge in [0.2, 0.25) is 0 Å². The van der Waals surface area contributed by atoms with Crippen molar-refractivity contribution >= 4 is 34.7 Å². The van der Waals surface area contributed by atoms with Crippen LogP contribution in [0.15, 0.2) is 36.7 Å². The third kappa shape index (κ3) is 4.26. The van der Waals surface area contributed by atoms with Gasteiger partial charge in [0.05, 0.1) is 33.8 Å². The maximum atomic E-state index is 12.1.